The summed E-state index contributed by atoms with van der Waals surface area (Å²) in [5.41, 5.74) is 0. The van der Waals surface area contributed by atoms with Gasteiger partial charge in [-0.3, -0.25) is 4.99 Å². The molecule has 0 atom stereocenters. The molecule has 0 radical (unpaired) electrons. The Morgan fingerprint density at radius 2 is 2.00 bits per heavy atom. The second-order valence-corrected chi connectivity index (χ2v) is 6.75. The van der Waals surface area contributed by atoms with Crippen LogP contribution in [0.25, 0.3) is 0 Å². The van der Waals surface area contributed by atoms with Gasteiger partial charge in [0.15, 0.2) is 5.96 Å². The standard InChI is InChI=1S/C17H32N6OS/c1-4-7-13-24-14-8-19-16(18-6-3)22-9-11-23(12-10-22)17-20-15(5-2)21-25-17/h4-14H2,1-3H3,(H,18,19). The molecule has 0 spiro atoms. The Balaban J connectivity index is 1.80. The molecule has 1 aliphatic rings. The predicted molar refractivity (Wildman–Crippen MR) is 105 cm³/mol. The first-order chi connectivity index (χ1) is 12.3. The van der Waals surface area contributed by atoms with Crippen LogP contribution in [0.4, 0.5) is 5.13 Å². The van der Waals surface area contributed by atoms with E-state index in [0.29, 0.717) is 13.2 Å². The van der Waals surface area contributed by atoms with E-state index in [1.54, 1.807) is 0 Å². The van der Waals surface area contributed by atoms with Gasteiger partial charge >= 0.3 is 0 Å². The van der Waals surface area contributed by atoms with Crippen LogP contribution < -0.4 is 10.2 Å². The van der Waals surface area contributed by atoms with Crippen LogP contribution in [0.5, 0.6) is 0 Å². The van der Waals surface area contributed by atoms with Crippen molar-refractivity contribution in [2.45, 2.75) is 40.0 Å². The van der Waals surface area contributed by atoms with Gasteiger partial charge in [0, 0.05) is 57.3 Å². The molecule has 0 amide bonds. The van der Waals surface area contributed by atoms with Crippen molar-refractivity contribution in [3.05, 3.63) is 5.82 Å². The Hall–Kier alpha value is -1.41. The molecule has 1 N–H and O–H groups in total. The number of hydrogen-bond donors (Lipinski definition) is 1. The Labute approximate surface area is 155 Å². The van der Waals surface area contributed by atoms with Crippen molar-refractivity contribution in [2.24, 2.45) is 4.99 Å². The van der Waals surface area contributed by atoms with Gasteiger partial charge in [-0.2, -0.15) is 4.37 Å². The summed E-state index contributed by atoms with van der Waals surface area (Å²) in [5.74, 6) is 1.94. The number of hydrogen-bond acceptors (Lipinski definition) is 6. The molecule has 142 valence electrons. The van der Waals surface area contributed by atoms with Crippen LogP contribution in [0.2, 0.25) is 0 Å². The van der Waals surface area contributed by atoms with Gasteiger partial charge in [-0.15, -0.1) is 0 Å². The number of piperazine rings is 1. The zero-order chi connectivity index (χ0) is 17.9. The molecule has 1 aliphatic heterocycles. The lowest BCUT2D eigenvalue weighted by Crippen LogP contribution is -2.52. The average Bonchev–Trinajstić information content (AvgIpc) is 3.13. The van der Waals surface area contributed by atoms with E-state index in [-0.39, 0.29) is 0 Å². The normalized spacial score (nSPS) is 15.7. The van der Waals surface area contributed by atoms with Crippen LogP contribution in [0.1, 0.15) is 39.4 Å². The summed E-state index contributed by atoms with van der Waals surface area (Å²) in [6.45, 7) is 13.3. The highest BCUT2D eigenvalue weighted by molar-refractivity contribution is 7.09. The fraction of sp³-hybridized carbons (Fsp3) is 0.824. The van der Waals surface area contributed by atoms with Crippen LogP contribution in [-0.4, -0.2) is 72.7 Å². The number of ether oxygens (including phenoxy) is 1. The Kier molecular flexibility index (Phi) is 8.96. The van der Waals surface area contributed by atoms with E-state index in [4.69, 9.17) is 9.73 Å². The minimum Gasteiger partial charge on any atom is -0.380 e. The molecule has 0 saturated carbocycles. The number of rotatable bonds is 9. The number of nitrogens with one attached hydrogen (secondary N) is 1. The maximum Gasteiger partial charge on any atom is 0.205 e. The first kappa shape index (κ1) is 19.9. The lowest BCUT2D eigenvalue weighted by atomic mass is 10.3. The first-order valence-corrected chi connectivity index (χ1v) is 10.2. The van der Waals surface area contributed by atoms with Crippen LogP contribution in [0, 0.1) is 0 Å². The second kappa shape index (κ2) is 11.3. The topological polar surface area (TPSA) is 65.9 Å². The Bertz CT molecular complexity index is 513. The number of nitrogens with zero attached hydrogens (tertiary/aromatic N) is 5. The van der Waals surface area contributed by atoms with Crippen molar-refractivity contribution in [3.8, 4) is 0 Å². The van der Waals surface area contributed by atoms with Crippen molar-refractivity contribution in [3.63, 3.8) is 0 Å². The fourth-order valence-electron chi connectivity index (χ4n) is 2.62. The highest BCUT2D eigenvalue weighted by Gasteiger charge is 2.21. The number of guanidine groups is 1. The summed E-state index contributed by atoms with van der Waals surface area (Å²) in [7, 11) is 0. The Morgan fingerprint density at radius 3 is 2.64 bits per heavy atom. The second-order valence-electron chi connectivity index (χ2n) is 6.02. The molecule has 0 aromatic carbocycles. The van der Waals surface area contributed by atoms with E-state index in [2.05, 4.69) is 45.2 Å². The Morgan fingerprint density at radius 1 is 1.20 bits per heavy atom. The number of aliphatic imine (C=N–C) groups is 1. The van der Waals surface area contributed by atoms with Crippen molar-refractivity contribution < 1.29 is 4.74 Å². The third kappa shape index (κ3) is 6.43. The van der Waals surface area contributed by atoms with Crippen LogP contribution >= 0.6 is 11.5 Å². The van der Waals surface area contributed by atoms with Gasteiger partial charge in [-0.1, -0.05) is 20.3 Å². The molecule has 1 aromatic rings. The predicted octanol–water partition coefficient (Wildman–Crippen LogP) is 2.00. The lowest BCUT2D eigenvalue weighted by molar-refractivity contribution is 0.138. The van der Waals surface area contributed by atoms with E-state index in [1.807, 2.05) is 0 Å². The summed E-state index contributed by atoms with van der Waals surface area (Å²) in [5, 5.41) is 4.44. The highest BCUT2D eigenvalue weighted by atomic mass is 32.1. The molecule has 0 aliphatic carbocycles. The molecule has 1 fully saturated rings. The van der Waals surface area contributed by atoms with E-state index < -0.39 is 0 Å². The van der Waals surface area contributed by atoms with Crippen molar-refractivity contribution in [1.82, 2.24) is 19.6 Å². The molecule has 7 nitrogen and oxygen atoms in total. The lowest BCUT2D eigenvalue weighted by Gasteiger charge is -2.36. The maximum absolute atomic E-state index is 5.60. The van der Waals surface area contributed by atoms with Gasteiger partial charge in [0.05, 0.1) is 13.2 Å². The molecule has 2 heterocycles. The van der Waals surface area contributed by atoms with Crippen LogP contribution in [-0.2, 0) is 11.2 Å². The average molecular weight is 369 g/mol. The number of unbranched alkanes of at least 4 members (excludes halogenated alkanes) is 1. The molecule has 1 aromatic heterocycles. The van der Waals surface area contributed by atoms with E-state index in [0.717, 1.165) is 69.1 Å². The quantitative estimate of drug-likeness (QED) is 0.409. The van der Waals surface area contributed by atoms with E-state index >= 15 is 0 Å². The number of aromatic nitrogens is 2. The number of aryl methyl sites for hydroxylation is 1. The largest absolute Gasteiger partial charge is 0.380 e. The van der Waals surface area contributed by atoms with Gasteiger partial charge in [0.2, 0.25) is 5.13 Å². The minimum atomic E-state index is 0.694. The first-order valence-electron chi connectivity index (χ1n) is 9.47. The summed E-state index contributed by atoms with van der Waals surface area (Å²) in [6, 6.07) is 0. The molecular weight excluding hydrogens is 336 g/mol. The summed E-state index contributed by atoms with van der Waals surface area (Å²) >= 11 is 1.51. The minimum absolute atomic E-state index is 0.694. The van der Waals surface area contributed by atoms with Gasteiger partial charge in [-0.05, 0) is 13.3 Å². The molecule has 1 saturated heterocycles. The molecular formula is C17H32N6OS. The third-order valence-corrected chi connectivity index (χ3v) is 4.91. The van der Waals surface area contributed by atoms with Gasteiger partial charge in [0.1, 0.15) is 5.82 Å². The SMILES string of the molecule is CCCCOCCN=C(NCC)N1CCN(c2nc(CC)ns2)CC1. The summed E-state index contributed by atoms with van der Waals surface area (Å²) in [6.07, 6.45) is 3.19. The molecule has 8 heteroatoms. The maximum atomic E-state index is 5.60. The zero-order valence-electron chi connectivity index (χ0n) is 15.8. The smallest absolute Gasteiger partial charge is 0.205 e. The van der Waals surface area contributed by atoms with Crippen molar-refractivity contribution in [2.75, 3.05) is 57.4 Å². The van der Waals surface area contributed by atoms with E-state index in [9.17, 15) is 0 Å². The number of anilines is 1. The third-order valence-electron chi connectivity index (χ3n) is 4.10. The molecule has 0 unspecified atom stereocenters. The summed E-state index contributed by atoms with van der Waals surface area (Å²) < 4.78 is 9.99. The molecule has 0 bridgehead atoms. The van der Waals surface area contributed by atoms with Crippen LogP contribution in [0.3, 0.4) is 0 Å². The van der Waals surface area contributed by atoms with Gasteiger partial charge in [0.25, 0.3) is 0 Å². The van der Waals surface area contributed by atoms with Gasteiger partial charge < -0.3 is 19.9 Å². The molecule has 2 rings (SSSR count). The van der Waals surface area contributed by atoms with Crippen LogP contribution in [0.15, 0.2) is 4.99 Å². The fourth-order valence-corrected chi connectivity index (χ4v) is 3.42. The van der Waals surface area contributed by atoms with Crippen molar-refractivity contribution >= 4 is 22.6 Å². The van der Waals surface area contributed by atoms with Gasteiger partial charge in [-0.25, -0.2) is 4.98 Å². The summed E-state index contributed by atoms with van der Waals surface area (Å²) in [4.78, 5) is 14.0. The van der Waals surface area contributed by atoms with Crippen molar-refractivity contribution in [1.29, 1.82) is 0 Å². The zero-order valence-corrected chi connectivity index (χ0v) is 16.6. The monoisotopic (exact) mass is 368 g/mol. The van der Waals surface area contributed by atoms with E-state index in [1.165, 1.54) is 18.0 Å². The highest BCUT2D eigenvalue weighted by Crippen LogP contribution is 2.19. The molecule has 25 heavy (non-hydrogen) atoms.